The summed E-state index contributed by atoms with van der Waals surface area (Å²) < 4.78 is 7.18. The van der Waals surface area contributed by atoms with Crippen molar-refractivity contribution < 1.29 is 9.84 Å². The Morgan fingerprint density at radius 2 is 2.12 bits per heavy atom. The number of rotatable bonds is 7. The van der Waals surface area contributed by atoms with Gasteiger partial charge in [-0.2, -0.15) is 5.10 Å². The van der Waals surface area contributed by atoms with Crippen LogP contribution in [0.4, 0.5) is 0 Å². The van der Waals surface area contributed by atoms with Gasteiger partial charge in [0.15, 0.2) is 0 Å². The van der Waals surface area contributed by atoms with Gasteiger partial charge in [0.05, 0.1) is 17.9 Å². The summed E-state index contributed by atoms with van der Waals surface area (Å²) >= 11 is 0. The SMILES string of the molecule is CCC(OC)C(O)Cc1ccn(C(C)CC)n1. The summed E-state index contributed by atoms with van der Waals surface area (Å²) in [5.74, 6) is 0. The van der Waals surface area contributed by atoms with Crippen LogP contribution in [0.1, 0.15) is 45.3 Å². The van der Waals surface area contributed by atoms with Gasteiger partial charge in [-0.3, -0.25) is 4.68 Å². The molecule has 0 bridgehead atoms. The largest absolute Gasteiger partial charge is 0.390 e. The zero-order chi connectivity index (χ0) is 12.8. The number of hydrogen-bond acceptors (Lipinski definition) is 3. The molecule has 3 unspecified atom stereocenters. The molecule has 0 fully saturated rings. The minimum absolute atomic E-state index is 0.108. The van der Waals surface area contributed by atoms with Gasteiger partial charge in [0, 0.05) is 25.8 Å². The topological polar surface area (TPSA) is 47.3 Å². The van der Waals surface area contributed by atoms with Crippen LogP contribution in [0.15, 0.2) is 12.3 Å². The standard InChI is InChI=1S/C13H24N2O2/c1-5-10(3)15-8-7-11(14-15)9-12(16)13(6-2)17-4/h7-8,10,12-13,16H,5-6,9H2,1-4H3. The van der Waals surface area contributed by atoms with Crippen molar-refractivity contribution >= 4 is 0 Å². The quantitative estimate of drug-likeness (QED) is 0.794. The van der Waals surface area contributed by atoms with Crippen molar-refractivity contribution in [3.63, 3.8) is 0 Å². The van der Waals surface area contributed by atoms with Gasteiger partial charge in [-0.1, -0.05) is 13.8 Å². The number of hydrogen-bond donors (Lipinski definition) is 1. The van der Waals surface area contributed by atoms with Gasteiger partial charge in [0.2, 0.25) is 0 Å². The predicted molar refractivity (Wildman–Crippen MR) is 68.0 cm³/mol. The van der Waals surface area contributed by atoms with Gasteiger partial charge in [-0.15, -0.1) is 0 Å². The van der Waals surface area contributed by atoms with E-state index in [1.165, 1.54) is 0 Å². The van der Waals surface area contributed by atoms with E-state index in [0.717, 1.165) is 18.5 Å². The van der Waals surface area contributed by atoms with Crippen LogP contribution in [0.25, 0.3) is 0 Å². The lowest BCUT2D eigenvalue weighted by atomic mass is 10.1. The molecular formula is C13H24N2O2. The van der Waals surface area contributed by atoms with Gasteiger partial charge < -0.3 is 9.84 Å². The Labute approximate surface area is 104 Å². The van der Waals surface area contributed by atoms with E-state index in [9.17, 15) is 5.11 Å². The summed E-state index contributed by atoms with van der Waals surface area (Å²) in [5.41, 5.74) is 0.924. The maximum absolute atomic E-state index is 9.99. The number of methoxy groups -OCH3 is 1. The van der Waals surface area contributed by atoms with Crippen LogP contribution in [-0.2, 0) is 11.2 Å². The fourth-order valence-corrected chi connectivity index (χ4v) is 1.86. The number of aromatic nitrogens is 2. The van der Waals surface area contributed by atoms with Gasteiger partial charge >= 0.3 is 0 Å². The Morgan fingerprint density at radius 3 is 2.65 bits per heavy atom. The molecule has 0 spiro atoms. The van der Waals surface area contributed by atoms with Crippen molar-refractivity contribution in [2.24, 2.45) is 0 Å². The first-order valence-electron chi connectivity index (χ1n) is 6.37. The summed E-state index contributed by atoms with van der Waals surface area (Å²) in [6.07, 6.45) is 3.80. The second kappa shape index (κ2) is 6.77. The Morgan fingerprint density at radius 1 is 1.41 bits per heavy atom. The monoisotopic (exact) mass is 240 g/mol. The molecule has 0 aliphatic carbocycles. The molecule has 0 aromatic carbocycles. The average molecular weight is 240 g/mol. The van der Waals surface area contributed by atoms with Gasteiger partial charge in [-0.25, -0.2) is 0 Å². The highest BCUT2D eigenvalue weighted by atomic mass is 16.5. The molecule has 1 rings (SSSR count). The highest BCUT2D eigenvalue weighted by molar-refractivity contribution is 5.02. The Kier molecular flexibility index (Phi) is 5.65. The third-order valence-electron chi connectivity index (χ3n) is 3.26. The van der Waals surface area contributed by atoms with Crippen molar-refractivity contribution in [1.82, 2.24) is 9.78 Å². The molecule has 0 aliphatic rings. The van der Waals surface area contributed by atoms with E-state index in [1.54, 1.807) is 7.11 Å². The lowest BCUT2D eigenvalue weighted by Gasteiger charge is -2.19. The van der Waals surface area contributed by atoms with Crippen LogP contribution in [0, 0.1) is 0 Å². The number of aliphatic hydroxyl groups is 1. The Balaban J connectivity index is 2.59. The number of ether oxygens (including phenoxy) is 1. The van der Waals surface area contributed by atoms with E-state index in [2.05, 4.69) is 18.9 Å². The highest BCUT2D eigenvalue weighted by Crippen LogP contribution is 2.12. The lowest BCUT2D eigenvalue weighted by Crippen LogP contribution is -2.29. The van der Waals surface area contributed by atoms with Crippen molar-refractivity contribution in [2.75, 3.05) is 7.11 Å². The minimum Gasteiger partial charge on any atom is -0.390 e. The summed E-state index contributed by atoms with van der Waals surface area (Å²) in [6.45, 7) is 6.28. The molecule has 3 atom stereocenters. The van der Waals surface area contributed by atoms with Crippen LogP contribution in [0.2, 0.25) is 0 Å². The van der Waals surface area contributed by atoms with E-state index in [4.69, 9.17) is 4.74 Å². The maximum Gasteiger partial charge on any atom is 0.0857 e. The molecule has 0 aliphatic heterocycles. The zero-order valence-corrected chi connectivity index (χ0v) is 11.3. The second-order valence-corrected chi connectivity index (χ2v) is 4.50. The summed E-state index contributed by atoms with van der Waals surface area (Å²) in [5, 5.41) is 14.5. The van der Waals surface area contributed by atoms with Crippen molar-refractivity contribution in [2.45, 2.75) is 58.3 Å². The molecular weight excluding hydrogens is 216 g/mol. The summed E-state index contributed by atoms with van der Waals surface area (Å²) in [7, 11) is 1.63. The molecule has 0 saturated carbocycles. The fourth-order valence-electron chi connectivity index (χ4n) is 1.86. The van der Waals surface area contributed by atoms with E-state index in [1.807, 2.05) is 23.9 Å². The van der Waals surface area contributed by atoms with Crippen LogP contribution in [0.3, 0.4) is 0 Å². The highest BCUT2D eigenvalue weighted by Gasteiger charge is 2.18. The van der Waals surface area contributed by atoms with E-state index in [-0.39, 0.29) is 6.10 Å². The van der Waals surface area contributed by atoms with Crippen LogP contribution in [-0.4, -0.2) is 34.2 Å². The Hall–Kier alpha value is -0.870. The van der Waals surface area contributed by atoms with Crippen LogP contribution in [0.5, 0.6) is 0 Å². The fraction of sp³-hybridized carbons (Fsp3) is 0.769. The molecule has 17 heavy (non-hydrogen) atoms. The first-order chi connectivity index (χ1) is 8.12. The van der Waals surface area contributed by atoms with Crippen molar-refractivity contribution in [1.29, 1.82) is 0 Å². The molecule has 0 radical (unpaired) electrons. The first kappa shape index (κ1) is 14.2. The molecule has 1 aromatic heterocycles. The van der Waals surface area contributed by atoms with Gasteiger partial charge in [0.25, 0.3) is 0 Å². The molecule has 1 heterocycles. The number of aliphatic hydroxyl groups excluding tert-OH is 1. The third kappa shape index (κ3) is 3.82. The first-order valence-corrected chi connectivity index (χ1v) is 6.37. The van der Waals surface area contributed by atoms with Gasteiger partial charge in [-0.05, 0) is 25.8 Å². The Bertz CT molecular complexity index is 321. The predicted octanol–water partition coefficient (Wildman–Crippen LogP) is 2.18. The zero-order valence-electron chi connectivity index (χ0n) is 11.3. The lowest BCUT2D eigenvalue weighted by molar-refractivity contribution is -0.0133. The van der Waals surface area contributed by atoms with Crippen LogP contribution < -0.4 is 0 Å². The van der Waals surface area contributed by atoms with Crippen LogP contribution >= 0.6 is 0 Å². The average Bonchev–Trinajstić information content (AvgIpc) is 2.78. The molecule has 1 aromatic rings. The summed E-state index contributed by atoms with van der Waals surface area (Å²) in [4.78, 5) is 0. The maximum atomic E-state index is 9.99. The van der Waals surface area contributed by atoms with E-state index < -0.39 is 6.10 Å². The number of nitrogens with zero attached hydrogens (tertiary/aromatic N) is 2. The molecule has 0 amide bonds. The molecule has 4 nitrogen and oxygen atoms in total. The molecule has 0 saturated heterocycles. The molecule has 4 heteroatoms. The van der Waals surface area contributed by atoms with Gasteiger partial charge in [0.1, 0.15) is 0 Å². The summed E-state index contributed by atoms with van der Waals surface area (Å²) in [6, 6.07) is 2.38. The van der Waals surface area contributed by atoms with Crippen molar-refractivity contribution in [3.8, 4) is 0 Å². The minimum atomic E-state index is -0.481. The van der Waals surface area contributed by atoms with Crippen molar-refractivity contribution in [3.05, 3.63) is 18.0 Å². The second-order valence-electron chi connectivity index (χ2n) is 4.50. The third-order valence-corrected chi connectivity index (χ3v) is 3.26. The molecule has 98 valence electrons. The van der Waals surface area contributed by atoms with E-state index in [0.29, 0.717) is 12.5 Å². The molecule has 1 N–H and O–H groups in total. The smallest absolute Gasteiger partial charge is 0.0857 e. The normalized spacial score (nSPS) is 16.8. The van der Waals surface area contributed by atoms with E-state index >= 15 is 0 Å².